The van der Waals surface area contributed by atoms with Crippen molar-refractivity contribution in [2.75, 3.05) is 5.73 Å². The molecular formula is C12H11FN2O. The molecule has 0 bridgehead atoms. The van der Waals surface area contributed by atoms with E-state index in [1.165, 1.54) is 18.5 Å². The van der Waals surface area contributed by atoms with Gasteiger partial charge in [0.15, 0.2) is 11.6 Å². The van der Waals surface area contributed by atoms with Gasteiger partial charge in [0.1, 0.15) is 0 Å². The Hall–Kier alpha value is -2.10. The molecule has 0 unspecified atom stereocenters. The minimum atomic E-state index is -0.655. The summed E-state index contributed by atoms with van der Waals surface area (Å²) in [5, 5.41) is 9.29. The normalized spacial score (nSPS) is 10.4. The fraction of sp³-hybridized carbons (Fsp3) is 0.0833. The average molecular weight is 218 g/mol. The van der Waals surface area contributed by atoms with Crippen LogP contribution in [0.1, 0.15) is 5.56 Å². The molecule has 1 aromatic heterocycles. The molecule has 4 heteroatoms. The minimum absolute atomic E-state index is 0.303. The van der Waals surface area contributed by atoms with Crippen molar-refractivity contribution in [1.82, 2.24) is 4.98 Å². The zero-order chi connectivity index (χ0) is 11.7. The molecule has 0 atom stereocenters. The van der Waals surface area contributed by atoms with Crippen molar-refractivity contribution in [1.29, 1.82) is 0 Å². The first-order valence-corrected chi connectivity index (χ1v) is 4.79. The van der Waals surface area contributed by atoms with Crippen molar-refractivity contribution >= 4 is 5.69 Å². The Balaban J connectivity index is 2.68. The number of hydrogen-bond donors (Lipinski definition) is 2. The van der Waals surface area contributed by atoms with Crippen molar-refractivity contribution < 1.29 is 9.50 Å². The number of benzene rings is 1. The quantitative estimate of drug-likeness (QED) is 0.773. The second kappa shape index (κ2) is 3.81. The number of phenols is 1. The van der Waals surface area contributed by atoms with E-state index >= 15 is 0 Å². The molecule has 3 N–H and O–H groups in total. The molecule has 0 amide bonds. The largest absolute Gasteiger partial charge is 0.505 e. The Labute approximate surface area is 92.4 Å². The van der Waals surface area contributed by atoms with Crippen LogP contribution in [0.4, 0.5) is 10.1 Å². The van der Waals surface area contributed by atoms with Crippen LogP contribution < -0.4 is 5.73 Å². The monoisotopic (exact) mass is 218 g/mol. The highest BCUT2D eigenvalue weighted by atomic mass is 19.1. The summed E-state index contributed by atoms with van der Waals surface area (Å²) in [6.07, 6.45) is 3.04. The fourth-order valence-corrected chi connectivity index (χ4v) is 1.54. The predicted octanol–water partition coefficient (Wildman–Crippen LogP) is 2.48. The van der Waals surface area contributed by atoms with Gasteiger partial charge in [-0.3, -0.25) is 4.98 Å². The first-order chi connectivity index (χ1) is 7.61. The molecule has 0 aliphatic carbocycles. The highest BCUT2D eigenvalue weighted by Crippen LogP contribution is 2.31. The van der Waals surface area contributed by atoms with Crippen LogP contribution in [-0.4, -0.2) is 10.1 Å². The molecule has 1 aromatic carbocycles. The average Bonchev–Trinajstić information content (AvgIpc) is 2.27. The van der Waals surface area contributed by atoms with E-state index in [1.54, 1.807) is 19.1 Å². The summed E-state index contributed by atoms with van der Waals surface area (Å²) in [5.74, 6) is -1.03. The number of rotatable bonds is 1. The molecule has 0 aliphatic rings. The van der Waals surface area contributed by atoms with E-state index in [0.29, 0.717) is 16.8 Å². The Morgan fingerprint density at radius 2 is 2.00 bits per heavy atom. The van der Waals surface area contributed by atoms with E-state index in [1.807, 2.05) is 0 Å². The number of phenolic OH excluding ortho intramolecular Hbond substituents is 1. The molecule has 0 spiro atoms. The van der Waals surface area contributed by atoms with Crippen molar-refractivity contribution in [3.05, 3.63) is 42.0 Å². The predicted molar refractivity (Wildman–Crippen MR) is 60.4 cm³/mol. The number of halogens is 1. The van der Waals surface area contributed by atoms with Gasteiger partial charge in [-0.15, -0.1) is 0 Å². The zero-order valence-electron chi connectivity index (χ0n) is 8.74. The van der Waals surface area contributed by atoms with Crippen molar-refractivity contribution in [3.63, 3.8) is 0 Å². The van der Waals surface area contributed by atoms with Gasteiger partial charge in [0, 0.05) is 17.3 Å². The maximum Gasteiger partial charge on any atom is 0.172 e. The van der Waals surface area contributed by atoms with Crippen molar-refractivity contribution in [2.45, 2.75) is 6.92 Å². The first-order valence-electron chi connectivity index (χ1n) is 4.79. The Morgan fingerprint density at radius 3 is 2.75 bits per heavy atom. The van der Waals surface area contributed by atoms with Gasteiger partial charge in [-0.05, 0) is 18.6 Å². The van der Waals surface area contributed by atoms with Gasteiger partial charge < -0.3 is 10.8 Å². The van der Waals surface area contributed by atoms with Gasteiger partial charge in [-0.25, -0.2) is 4.39 Å². The van der Waals surface area contributed by atoms with Gasteiger partial charge in [0.2, 0.25) is 0 Å². The van der Waals surface area contributed by atoms with Crippen LogP contribution in [0.15, 0.2) is 30.6 Å². The van der Waals surface area contributed by atoms with Gasteiger partial charge in [0.05, 0.1) is 11.9 Å². The van der Waals surface area contributed by atoms with Crippen LogP contribution in [0.3, 0.4) is 0 Å². The SMILES string of the molecule is Cc1c(N)cncc1-c1cccc(O)c1F. The van der Waals surface area contributed by atoms with E-state index in [0.717, 1.165) is 5.56 Å². The second-order valence-corrected chi connectivity index (χ2v) is 3.54. The van der Waals surface area contributed by atoms with Gasteiger partial charge in [-0.1, -0.05) is 12.1 Å². The van der Waals surface area contributed by atoms with E-state index < -0.39 is 5.82 Å². The van der Waals surface area contributed by atoms with Crippen LogP contribution >= 0.6 is 0 Å². The highest BCUT2D eigenvalue weighted by molar-refractivity contribution is 5.72. The van der Waals surface area contributed by atoms with Gasteiger partial charge in [-0.2, -0.15) is 0 Å². The van der Waals surface area contributed by atoms with Crippen LogP contribution in [0.25, 0.3) is 11.1 Å². The van der Waals surface area contributed by atoms with Crippen LogP contribution in [0.2, 0.25) is 0 Å². The number of pyridine rings is 1. The standard InChI is InChI=1S/C12H11FN2O/c1-7-9(5-15-6-10(7)14)8-3-2-4-11(16)12(8)13/h2-6,16H,14H2,1H3. The van der Waals surface area contributed by atoms with E-state index in [4.69, 9.17) is 5.73 Å². The molecule has 2 rings (SSSR count). The molecule has 3 nitrogen and oxygen atoms in total. The molecule has 82 valence electrons. The molecule has 0 saturated heterocycles. The summed E-state index contributed by atoms with van der Waals surface area (Å²) in [7, 11) is 0. The van der Waals surface area contributed by atoms with E-state index in [9.17, 15) is 9.50 Å². The lowest BCUT2D eigenvalue weighted by Crippen LogP contribution is -1.95. The van der Waals surface area contributed by atoms with Crippen LogP contribution in [0.5, 0.6) is 5.75 Å². The number of aromatic hydroxyl groups is 1. The molecule has 16 heavy (non-hydrogen) atoms. The highest BCUT2D eigenvalue weighted by Gasteiger charge is 2.12. The molecule has 0 saturated carbocycles. The molecule has 2 aromatic rings. The topological polar surface area (TPSA) is 59.1 Å². The number of nitrogens with two attached hydrogens (primary N) is 1. The molecule has 1 heterocycles. The maximum atomic E-state index is 13.7. The van der Waals surface area contributed by atoms with Crippen LogP contribution in [0, 0.1) is 12.7 Å². The second-order valence-electron chi connectivity index (χ2n) is 3.54. The smallest absolute Gasteiger partial charge is 0.172 e. The Morgan fingerprint density at radius 1 is 1.25 bits per heavy atom. The summed E-state index contributed by atoms with van der Waals surface area (Å²) in [4.78, 5) is 3.92. The third-order valence-electron chi connectivity index (χ3n) is 2.52. The number of aromatic nitrogens is 1. The summed E-state index contributed by atoms with van der Waals surface area (Å²) in [6.45, 7) is 1.79. The lowest BCUT2D eigenvalue weighted by atomic mass is 10.0. The third-order valence-corrected chi connectivity index (χ3v) is 2.52. The number of hydrogen-bond acceptors (Lipinski definition) is 3. The zero-order valence-corrected chi connectivity index (χ0v) is 8.74. The minimum Gasteiger partial charge on any atom is -0.505 e. The van der Waals surface area contributed by atoms with E-state index in [2.05, 4.69) is 4.98 Å². The first kappa shape index (κ1) is 10.4. The summed E-state index contributed by atoms with van der Waals surface area (Å²) >= 11 is 0. The third kappa shape index (κ3) is 1.58. The fourth-order valence-electron chi connectivity index (χ4n) is 1.54. The molecule has 0 fully saturated rings. The van der Waals surface area contributed by atoms with E-state index in [-0.39, 0.29) is 5.75 Å². The molecule has 0 radical (unpaired) electrons. The number of nitrogens with zero attached hydrogens (tertiary/aromatic N) is 1. The number of nitrogen functional groups attached to an aromatic ring is 1. The maximum absolute atomic E-state index is 13.7. The molecular weight excluding hydrogens is 207 g/mol. The van der Waals surface area contributed by atoms with Crippen LogP contribution in [-0.2, 0) is 0 Å². The van der Waals surface area contributed by atoms with Crippen molar-refractivity contribution in [3.8, 4) is 16.9 Å². The lowest BCUT2D eigenvalue weighted by Gasteiger charge is -2.09. The van der Waals surface area contributed by atoms with Gasteiger partial charge >= 0.3 is 0 Å². The lowest BCUT2D eigenvalue weighted by molar-refractivity contribution is 0.433. The summed E-state index contributed by atoms with van der Waals surface area (Å²) in [5.41, 5.74) is 7.84. The number of anilines is 1. The molecule has 0 aliphatic heterocycles. The van der Waals surface area contributed by atoms with Crippen molar-refractivity contribution in [2.24, 2.45) is 0 Å². The Kier molecular flexibility index (Phi) is 2.48. The summed E-state index contributed by atoms with van der Waals surface area (Å²) in [6, 6.07) is 4.46. The summed E-state index contributed by atoms with van der Waals surface area (Å²) < 4.78 is 13.7. The van der Waals surface area contributed by atoms with Gasteiger partial charge in [0.25, 0.3) is 0 Å². The Bertz CT molecular complexity index is 491.